The molecule has 2 aliphatic rings. The van der Waals surface area contributed by atoms with Crippen molar-refractivity contribution in [3.63, 3.8) is 0 Å². The van der Waals surface area contributed by atoms with E-state index in [9.17, 15) is 4.79 Å². The van der Waals surface area contributed by atoms with Crippen LogP contribution in [0, 0.1) is 0 Å². The molecule has 14 heavy (non-hydrogen) atoms. The van der Waals surface area contributed by atoms with Crippen LogP contribution in [0.4, 0.5) is 0 Å². The summed E-state index contributed by atoms with van der Waals surface area (Å²) in [5, 5.41) is 8.78. The molecule has 2 fully saturated rings. The molecule has 2 heterocycles. The summed E-state index contributed by atoms with van der Waals surface area (Å²) in [6, 6.07) is 0. The summed E-state index contributed by atoms with van der Waals surface area (Å²) in [6.07, 6.45) is 3.80. The van der Waals surface area contributed by atoms with Crippen molar-refractivity contribution in [3.8, 4) is 0 Å². The van der Waals surface area contributed by atoms with E-state index in [1.54, 1.807) is 0 Å². The molecule has 2 saturated heterocycles. The van der Waals surface area contributed by atoms with Gasteiger partial charge in [-0.25, -0.2) is 0 Å². The molecule has 0 radical (unpaired) electrons. The van der Waals surface area contributed by atoms with Crippen molar-refractivity contribution < 1.29 is 19.4 Å². The summed E-state index contributed by atoms with van der Waals surface area (Å²) in [6.45, 7) is 2.04. The largest absolute Gasteiger partial charge is 0.481 e. The van der Waals surface area contributed by atoms with E-state index in [0.29, 0.717) is 6.42 Å². The molecule has 0 amide bonds. The van der Waals surface area contributed by atoms with Crippen LogP contribution >= 0.6 is 0 Å². The van der Waals surface area contributed by atoms with Gasteiger partial charge in [0.1, 0.15) is 0 Å². The molecule has 0 saturated carbocycles. The molecule has 0 aromatic carbocycles. The van der Waals surface area contributed by atoms with Crippen molar-refractivity contribution in [2.75, 3.05) is 0 Å². The van der Waals surface area contributed by atoms with E-state index >= 15 is 0 Å². The van der Waals surface area contributed by atoms with Gasteiger partial charge in [-0.1, -0.05) is 6.92 Å². The Balaban J connectivity index is 2.09. The molecule has 4 nitrogen and oxygen atoms in total. The number of hydrogen-bond donors (Lipinski definition) is 1. The monoisotopic (exact) mass is 200 g/mol. The summed E-state index contributed by atoms with van der Waals surface area (Å²) >= 11 is 0. The molecule has 3 atom stereocenters. The number of fused-ring (bicyclic) bond motifs is 2. The van der Waals surface area contributed by atoms with Gasteiger partial charge >= 0.3 is 5.97 Å². The first kappa shape index (κ1) is 9.93. The van der Waals surface area contributed by atoms with E-state index in [1.807, 2.05) is 6.92 Å². The van der Waals surface area contributed by atoms with Crippen molar-refractivity contribution in [2.45, 2.75) is 57.0 Å². The topological polar surface area (TPSA) is 55.8 Å². The lowest BCUT2D eigenvalue weighted by atomic mass is 9.99. The van der Waals surface area contributed by atoms with Crippen LogP contribution in [-0.2, 0) is 14.3 Å². The molecule has 2 aliphatic heterocycles. The molecule has 1 N–H and O–H groups in total. The van der Waals surface area contributed by atoms with Crippen LogP contribution in [0.15, 0.2) is 0 Å². The van der Waals surface area contributed by atoms with Crippen LogP contribution in [0.25, 0.3) is 0 Å². The lowest BCUT2D eigenvalue weighted by molar-refractivity contribution is -0.204. The van der Waals surface area contributed by atoms with Gasteiger partial charge in [0.25, 0.3) is 0 Å². The molecule has 4 heteroatoms. The zero-order valence-corrected chi connectivity index (χ0v) is 8.36. The van der Waals surface area contributed by atoms with Gasteiger partial charge in [0, 0.05) is 6.42 Å². The number of aliphatic carboxylic acids is 1. The fourth-order valence-corrected chi connectivity index (χ4v) is 2.41. The third-order valence-electron chi connectivity index (χ3n) is 3.02. The first-order chi connectivity index (χ1) is 6.65. The maximum absolute atomic E-state index is 10.7. The molecule has 0 aromatic heterocycles. The summed E-state index contributed by atoms with van der Waals surface area (Å²) in [5.74, 6) is -1.66. The van der Waals surface area contributed by atoms with Crippen LogP contribution in [0.3, 0.4) is 0 Å². The fourth-order valence-electron chi connectivity index (χ4n) is 2.41. The van der Waals surface area contributed by atoms with Crippen LogP contribution < -0.4 is 0 Å². The molecule has 0 aromatic rings. The van der Waals surface area contributed by atoms with Crippen molar-refractivity contribution >= 4 is 5.97 Å². The zero-order valence-electron chi connectivity index (χ0n) is 8.36. The maximum atomic E-state index is 10.7. The minimum absolute atomic E-state index is 0.0278. The number of carboxylic acid groups (broad SMARTS) is 1. The number of hydrogen-bond acceptors (Lipinski definition) is 3. The molecule has 2 rings (SSSR count). The van der Waals surface area contributed by atoms with Gasteiger partial charge in [0.2, 0.25) is 0 Å². The Hall–Kier alpha value is -0.610. The number of carboxylic acids is 1. The third-order valence-corrected chi connectivity index (χ3v) is 3.02. The van der Waals surface area contributed by atoms with E-state index in [0.717, 1.165) is 19.3 Å². The third kappa shape index (κ3) is 1.64. The second kappa shape index (κ2) is 3.51. The van der Waals surface area contributed by atoms with Crippen LogP contribution in [0.1, 0.15) is 39.0 Å². The van der Waals surface area contributed by atoms with Gasteiger partial charge in [0.15, 0.2) is 5.79 Å². The Bertz CT molecular complexity index is 240. The predicted octanol–water partition coefficient (Wildman–Crippen LogP) is 1.54. The minimum Gasteiger partial charge on any atom is -0.481 e. The molecule has 0 aliphatic carbocycles. The van der Waals surface area contributed by atoms with Gasteiger partial charge in [-0.3, -0.25) is 4.79 Å². The highest BCUT2D eigenvalue weighted by molar-refractivity contribution is 5.67. The Morgan fingerprint density at radius 2 is 2.36 bits per heavy atom. The van der Waals surface area contributed by atoms with E-state index in [1.165, 1.54) is 0 Å². The summed E-state index contributed by atoms with van der Waals surface area (Å²) in [7, 11) is 0. The smallest absolute Gasteiger partial charge is 0.308 e. The van der Waals surface area contributed by atoms with Gasteiger partial charge in [-0.15, -0.1) is 0 Å². The predicted molar refractivity (Wildman–Crippen MR) is 48.9 cm³/mol. The van der Waals surface area contributed by atoms with E-state index in [2.05, 4.69) is 0 Å². The fraction of sp³-hybridized carbons (Fsp3) is 0.900. The molecule has 0 spiro atoms. The second-order valence-electron chi connectivity index (χ2n) is 4.09. The van der Waals surface area contributed by atoms with Gasteiger partial charge in [0.05, 0.1) is 18.6 Å². The summed E-state index contributed by atoms with van der Waals surface area (Å²) in [5.41, 5.74) is 0. The Morgan fingerprint density at radius 3 is 3.00 bits per heavy atom. The van der Waals surface area contributed by atoms with Crippen molar-refractivity contribution in [1.29, 1.82) is 0 Å². The van der Waals surface area contributed by atoms with Crippen molar-refractivity contribution in [2.24, 2.45) is 0 Å². The Labute approximate surface area is 83.2 Å². The highest BCUT2D eigenvalue weighted by atomic mass is 16.8. The number of ether oxygens (including phenoxy) is 2. The first-order valence-corrected chi connectivity index (χ1v) is 5.22. The van der Waals surface area contributed by atoms with Crippen LogP contribution in [0.2, 0.25) is 0 Å². The highest BCUT2D eigenvalue weighted by Crippen LogP contribution is 2.42. The number of carbonyl (C=O) groups is 1. The summed E-state index contributed by atoms with van der Waals surface area (Å²) < 4.78 is 11.4. The van der Waals surface area contributed by atoms with Gasteiger partial charge in [-0.05, 0) is 19.3 Å². The average molecular weight is 200 g/mol. The second-order valence-corrected chi connectivity index (χ2v) is 4.09. The molecule has 80 valence electrons. The van der Waals surface area contributed by atoms with E-state index in [-0.39, 0.29) is 18.6 Å². The standard InChI is InChI=1S/C10H16O4/c1-2-7-8-4-3-5-10(13-7,14-8)6-9(11)12/h7-8H,2-6H2,1H3,(H,11,12)/t7-,8?,10?/m1/s1. The molecular formula is C10H16O4. The quantitative estimate of drug-likeness (QED) is 0.750. The van der Waals surface area contributed by atoms with Crippen molar-refractivity contribution in [3.05, 3.63) is 0 Å². The normalized spacial score (nSPS) is 41.2. The highest BCUT2D eigenvalue weighted by Gasteiger charge is 2.50. The lowest BCUT2D eigenvalue weighted by Crippen LogP contribution is -2.36. The Morgan fingerprint density at radius 1 is 1.57 bits per heavy atom. The van der Waals surface area contributed by atoms with Crippen LogP contribution in [-0.4, -0.2) is 29.1 Å². The lowest BCUT2D eigenvalue weighted by Gasteiger charge is -2.29. The van der Waals surface area contributed by atoms with Gasteiger partial charge in [-0.2, -0.15) is 0 Å². The average Bonchev–Trinajstić information content (AvgIpc) is 2.36. The Kier molecular flexibility index (Phi) is 2.49. The SMILES string of the molecule is CC[C@H]1OC2(CC(=O)O)CCCC1O2. The van der Waals surface area contributed by atoms with Crippen molar-refractivity contribution in [1.82, 2.24) is 0 Å². The first-order valence-electron chi connectivity index (χ1n) is 5.22. The molecule has 2 unspecified atom stereocenters. The maximum Gasteiger partial charge on any atom is 0.308 e. The minimum atomic E-state index is -0.845. The number of rotatable bonds is 3. The molecular weight excluding hydrogens is 184 g/mol. The summed E-state index contributed by atoms with van der Waals surface area (Å²) in [4.78, 5) is 10.7. The van der Waals surface area contributed by atoms with E-state index < -0.39 is 11.8 Å². The van der Waals surface area contributed by atoms with Crippen LogP contribution in [0.5, 0.6) is 0 Å². The zero-order chi connectivity index (χ0) is 10.2. The molecule has 2 bridgehead atoms. The van der Waals surface area contributed by atoms with Gasteiger partial charge < -0.3 is 14.6 Å². The van der Waals surface area contributed by atoms with E-state index in [4.69, 9.17) is 14.6 Å².